The lowest BCUT2D eigenvalue weighted by Crippen LogP contribution is -2.31. The van der Waals surface area contributed by atoms with Gasteiger partial charge in [-0.15, -0.1) is 0 Å². The van der Waals surface area contributed by atoms with Gasteiger partial charge in [-0.3, -0.25) is 4.79 Å². The second-order valence-electron chi connectivity index (χ2n) is 3.44. The zero-order valence-corrected chi connectivity index (χ0v) is 9.56. The van der Waals surface area contributed by atoms with E-state index in [0.717, 1.165) is 5.69 Å². The van der Waals surface area contributed by atoms with Crippen LogP contribution in [0.1, 0.15) is 6.92 Å². The van der Waals surface area contributed by atoms with Crippen molar-refractivity contribution in [1.82, 2.24) is 0 Å². The van der Waals surface area contributed by atoms with Gasteiger partial charge in [0.25, 0.3) is 0 Å². The average Bonchev–Trinajstić information content (AvgIpc) is 2.20. The van der Waals surface area contributed by atoms with Gasteiger partial charge in [-0.1, -0.05) is 6.07 Å². The van der Waals surface area contributed by atoms with Crippen LogP contribution >= 0.6 is 0 Å². The second kappa shape index (κ2) is 5.25. The summed E-state index contributed by atoms with van der Waals surface area (Å²) in [6.07, 6.45) is 0. The Morgan fingerprint density at radius 3 is 2.75 bits per heavy atom. The Kier molecular flexibility index (Phi) is 3.99. The van der Waals surface area contributed by atoms with Crippen molar-refractivity contribution >= 4 is 17.3 Å². The van der Waals surface area contributed by atoms with Gasteiger partial charge in [-0.25, -0.2) is 0 Å². The molecule has 0 spiro atoms. The minimum absolute atomic E-state index is 0.125. The van der Waals surface area contributed by atoms with E-state index in [0.29, 0.717) is 18.0 Å². The van der Waals surface area contributed by atoms with E-state index in [1.165, 1.54) is 0 Å². The molecule has 1 aromatic rings. The van der Waals surface area contributed by atoms with Gasteiger partial charge < -0.3 is 21.1 Å². The molecular formula is C11H17N3O2. The van der Waals surface area contributed by atoms with Crippen LogP contribution in [-0.4, -0.2) is 26.1 Å². The summed E-state index contributed by atoms with van der Waals surface area (Å²) in [5.74, 6) is 0.222. The maximum Gasteiger partial charge on any atom is 0.236 e. The van der Waals surface area contributed by atoms with Crippen LogP contribution in [0.25, 0.3) is 0 Å². The molecule has 0 saturated carbocycles. The van der Waals surface area contributed by atoms with Crippen LogP contribution in [0, 0.1) is 0 Å². The summed E-state index contributed by atoms with van der Waals surface area (Å²) >= 11 is 0. The minimum Gasteiger partial charge on any atom is -0.492 e. The quantitative estimate of drug-likeness (QED) is 0.716. The molecule has 5 nitrogen and oxygen atoms in total. The van der Waals surface area contributed by atoms with Crippen molar-refractivity contribution in [2.75, 3.05) is 30.8 Å². The summed E-state index contributed by atoms with van der Waals surface area (Å²) in [6.45, 7) is 2.56. The number of anilines is 2. The van der Waals surface area contributed by atoms with Gasteiger partial charge in [-0.2, -0.15) is 0 Å². The Hall–Kier alpha value is -1.91. The number of carbonyl (C=O) groups is 1. The summed E-state index contributed by atoms with van der Waals surface area (Å²) in [4.78, 5) is 12.5. The number of carbonyl (C=O) groups excluding carboxylic acids is 1. The number of ether oxygens (including phenoxy) is 1. The van der Waals surface area contributed by atoms with Crippen molar-refractivity contribution in [3.05, 3.63) is 18.2 Å². The lowest BCUT2D eigenvalue weighted by molar-refractivity contribution is -0.116. The SMILES string of the molecule is CCOc1cccc(N(C)CC(N)=O)c1N. The molecule has 0 saturated heterocycles. The number of amides is 1. The third-order valence-electron chi connectivity index (χ3n) is 2.15. The van der Waals surface area contributed by atoms with Crippen molar-refractivity contribution in [3.63, 3.8) is 0 Å². The number of rotatable bonds is 5. The first-order valence-electron chi connectivity index (χ1n) is 5.07. The third kappa shape index (κ3) is 2.79. The van der Waals surface area contributed by atoms with Crippen molar-refractivity contribution in [2.24, 2.45) is 5.73 Å². The van der Waals surface area contributed by atoms with E-state index in [-0.39, 0.29) is 6.54 Å². The summed E-state index contributed by atoms with van der Waals surface area (Å²) in [7, 11) is 1.76. The first-order chi connectivity index (χ1) is 7.56. The summed E-state index contributed by atoms with van der Waals surface area (Å²) < 4.78 is 5.36. The number of hydrogen-bond acceptors (Lipinski definition) is 4. The van der Waals surface area contributed by atoms with Crippen LogP contribution in [0.4, 0.5) is 11.4 Å². The molecule has 0 unspecified atom stereocenters. The predicted molar refractivity (Wildman–Crippen MR) is 64.5 cm³/mol. The number of benzene rings is 1. The maximum absolute atomic E-state index is 10.8. The molecule has 0 bridgehead atoms. The Bertz CT molecular complexity index is 379. The molecule has 1 aromatic carbocycles. The van der Waals surface area contributed by atoms with Gasteiger partial charge in [0.05, 0.1) is 24.5 Å². The monoisotopic (exact) mass is 223 g/mol. The van der Waals surface area contributed by atoms with Crippen molar-refractivity contribution < 1.29 is 9.53 Å². The highest BCUT2D eigenvalue weighted by Crippen LogP contribution is 2.31. The van der Waals surface area contributed by atoms with Crippen LogP contribution in [-0.2, 0) is 4.79 Å². The molecule has 88 valence electrons. The number of nitrogens with zero attached hydrogens (tertiary/aromatic N) is 1. The highest BCUT2D eigenvalue weighted by molar-refractivity contribution is 5.82. The molecule has 1 rings (SSSR count). The van der Waals surface area contributed by atoms with Crippen molar-refractivity contribution in [3.8, 4) is 5.75 Å². The highest BCUT2D eigenvalue weighted by Gasteiger charge is 2.11. The van der Waals surface area contributed by atoms with Crippen LogP contribution in [0.15, 0.2) is 18.2 Å². The summed E-state index contributed by atoms with van der Waals surface area (Å²) in [5.41, 5.74) is 12.3. The third-order valence-corrected chi connectivity index (χ3v) is 2.15. The Morgan fingerprint density at radius 2 is 2.19 bits per heavy atom. The van der Waals surface area contributed by atoms with Crippen molar-refractivity contribution in [2.45, 2.75) is 6.92 Å². The number of nitrogens with two attached hydrogens (primary N) is 2. The first kappa shape index (κ1) is 12.2. The van der Waals surface area contributed by atoms with Gasteiger partial charge in [0.2, 0.25) is 5.91 Å². The maximum atomic E-state index is 10.8. The molecule has 0 radical (unpaired) electrons. The van der Waals surface area contributed by atoms with Crippen molar-refractivity contribution in [1.29, 1.82) is 0 Å². The summed E-state index contributed by atoms with van der Waals surface area (Å²) in [5, 5.41) is 0. The molecule has 5 heteroatoms. The molecule has 16 heavy (non-hydrogen) atoms. The van der Waals surface area contributed by atoms with E-state index in [9.17, 15) is 4.79 Å². The first-order valence-corrected chi connectivity index (χ1v) is 5.07. The predicted octanol–water partition coefficient (Wildman–Crippen LogP) is 0.589. The highest BCUT2D eigenvalue weighted by atomic mass is 16.5. The Balaban J connectivity index is 2.95. The normalized spacial score (nSPS) is 9.88. The Morgan fingerprint density at radius 1 is 1.50 bits per heavy atom. The van der Waals surface area contributed by atoms with Gasteiger partial charge in [0, 0.05) is 7.05 Å². The number of para-hydroxylation sites is 1. The molecule has 0 aliphatic carbocycles. The number of likely N-dealkylation sites (N-methyl/N-ethyl adjacent to an activating group) is 1. The minimum atomic E-state index is -0.399. The lowest BCUT2D eigenvalue weighted by Gasteiger charge is -2.20. The van der Waals surface area contributed by atoms with Gasteiger partial charge >= 0.3 is 0 Å². The Labute approximate surface area is 95.0 Å². The number of nitrogen functional groups attached to an aromatic ring is 1. The fourth-order valence-corrected chi connectivity index (χ4v) is 1.47. The van der Waals surface area contributed by atoms with Gasteiger partial charge in [0.1, 0.15) is 5.75 Å². The van der Waals surface area contributed by atoms with E-state index in [1.54, 1.807) is 18.0 Å². The van der Waals surface area contributed by atoms with E-state index in [4.69, 9.17) is 16.2 Å². The molecule has 0 atom stereocenters. The molecule has 4 N–H and O–H groups in total. The van der Waals surface area contributed by atoms with E-state index < -0.39 is 5.91 Å². The van der Waals surface area contributed by atoms with Crippen LogP contribution in [0.3, 0.4) is 0 Å². The molecule has 0 aromatic heterocycles. The molecule has 0 aliphatic heterocycles. The smallest absolute Gasteiger partial charge is 0.236 e. The van der Waals surface area contributed by atoms with Crippen LogP contribution in [0.5, 0.6) is 5.75 Å². The number of primary amides is 1. The standard InChI is InChI=1S/C11H17N3O2/c1-3-16-9-6-4-5-8(11(9)13)14(2)7-10(12)15/h4-6H,3,7,13H2,1-2H3,(H2,12,15). The molecule has 1 amide bonds. The molecule has 0 fully saturated rings. The van der Waals surface area contributed by atoms with E-state index in [1.807, 2.05) is 19.1 Å². The zero-order valence-electron chi connectivity index (χ0n) is 9.56. The lowest BCUT2D eigenvalue weighted by atomic mass is 10.2. The van der Waals surface area contributed by atoms with Gasteiger partial charge in [-0.05, 0) is 19.1 Å². The van der Waals surface area contributed by atoms with E-state index >= 15 is 0 Å². The zero-order chi connectivity index (χ0) is 12.1. The fraction of sp³-hybridized carbons (Fsp3) is 0.364. The van der Waals surface area contributed by atoms with Crippen LogP contribution < -0.4 is 21.1 Å². The largest absolute Gasteiger partial charge is 0.492 e. The fourth-order valence-electron chi connectivity index (χ4n) is 1.47. The second-order valence-corrected chi connectivity index (χ2v) is 3.44. The summed E-state index contributed by atoms with van der Waals surface area (Å²) in [6, 6.07) is 5.44. The van der Waals surface area contributed by atoms with Crippen LogP contribution in [0.2, 0.25) is 0 Å². The topological polar surface area (TPSA) is 81.6 Å². The molecular weight excluding hydrogens is 206 g/mol. The van der Waals surface area contributed by atoms with E-state index in [2.05, 4.69) is 0 Å². The molecule has 0 aliphatic rings. The average molecular weight is 223 g/mol. The number of hydrogen-bond donors (Lipinski definition) is 2. The molecule has 0 heterocycles. The van der Waals surface area contributed by atoms with Gasteiger partial charge in [0.15, 0.2) is 0 Å².